The van der Waals surface area contributed by atoms with E-state index in [0.717, 1.165) is 5.56 Å². The fourth-order valence-corrected chi connectivity index (χ4v) is 2.07. The molecular formula is C15H19NO4. The molecule has 0 aliphatic heterocycles. The van der Waals surface area contributed by atoms with E-state index >= 15 is 0 Å². The van der Waals surface area contributed by atoms with Gasteiger partial charge >= 0.3 is 12.1 Å². The Morgan fingerprint density at radius 3 is 2.30 bits per heavy atom. The van der Waals surface area contributed by atoms with Crippen molar-refractivity contribution in [1.29, 1.82) is 0 Å². The molecule has 1 saturated carbocycles. The zero-order valence-electron chi connectivity index (χ0n) is 11.8. The maximum Gasteiger partial charge on any atom is 0.412 e. The number of anilines is 1. The maximum absolute atomic E-state index is 11.6. The van der Waals surface area contributed by atoms with Crippen molar-refractivity contribution in [1.82, 2.24) is 0 Å². The molecule has 0 saturated heterocycles. The van der Waals surface area contributed by atoms with Crippen molar-refractivity contribution in [2.45, 2.75) is 38.7 Å². The highest BCUT2D eigenvalue weighted by Gasteiger charge is 2.43. The van der Waals surface area contributed by atoms with Gasteiger partial charge in [-0.3, -0.25) is 10.1 Å². The molecule has 1 aromatic carbocycles. The van der Waals surface area contributed by atoms with Crippen LogP contribution in [0.15, 0.2) is 24.3 Å². The number of carboxylic acids is 1. The minimum Gasteiger partial charge on any atom is -0.481 e. The van der Waals surface area contributed by atoms with Crippen LogP contribution in [0.25, 0.3) is 0 Å². The molecule has 108 valence electrons. The normalized spacial score (nSPS) is 21.1. The summed E-state index contributed by atoms with van der Waals surface area (Å²) in [4.78, 5) is 22.4. The lowest BCUT2D eigenvalue weighted by molar-refractivity contribution is -0.138. The van der Waals surface area contributed by atoms with Crippen LogP contribution in [0.1, 0.15) is 38.7 Å². The second kappa shape index (κ2) is 5.15. The molecule has 0 radical (unpaired) electrons. The average molecular weight is 277 g/mol. The van der Waals surface area contributed by atoms with Crippen LogP contribution in [0.4, 0.5) is 10.5 Å². The van der Waals surface area contributed by atoms with Crippen molar-refractivity contribution < 1.29 is 19.4 Å². The first-order chi connectivity index (χ1) is 9.26. The van der Waals surface area contributed by atoms with Crippen molar-refractivity contribution in [3.8, 4) is 0 Å². The molecule has 1 aromatic rings. The van der Waals surface area contributed by atoms with Gasteiger partial charge in [0.1, 0.15) is 5.60 Å². The van der Waals surface area contributed by atoms with Crippen LogP contribution in [-0.2, 0) is 9.53 Å². The highest BCUT2D eigenvalue weighted by Crippen LogP contribution is 2.47. The van der Waals surface area contributed by atoms with E-state index in [-0.39, 0.29) is 11.8 Å². The molecule has 1 aliphatic carbocycles. The van der Waals surface area contributed by atoms with Crippen LogP contribution >= 0.6 is 0 Å². The molecule has 2 N–H and O–H groups in total. The third-order valence-corrected chi connectivity index (χ3v) is 3.09. The average Bonchev–Trinajstić information content (AvgIpc) is 3.07. The first kappa shape index (κ1) is 14.4. The lowest BCUT2D eigenvalue weighted by Gasteiger charge is -2.19. The summed E-state index contributed by atoms with van der Waals surface area (Å²) in [6, 6.07) is 7.22. The molecule has 2 atom stereocenters. The summed E-state index contributed by atoms with van der Waals surface area (Å²) in [5, 5.41) is 11.5. The molecule has 5 heteroatoms. The molecule has 20 heavy (non-hydrogen) atoms. The second-order valence-electron chi connectivity index (χ2n) is 6.04. The Kier molecular flexibility index (Phi) is 3.70. The van der Waals surface area contributed by atoms with Gasteiger partial charge < -0.3 is 9.84 Å². The highest BCUT2D eigenvalue weighted by molar-refractivity contribution is 5.85. The van der Waals surface area contributed by atoms with Gasteiger partial charge in [-0.15, -0.1) is 0 Å². The fourth-order valence-electron chi connectivity index (χ4n) is 2.07. The first-order valence-corrected chi connectivity index (χ1v) is 6.59. The third kappa shape index (κ3) is 3.73. The second-order valence-corrected chi connectivity index (χ2v) is 6.04. The van der Waals surface area contributed by atoms with Gasteiger partial charge in [-0.1, -0.05) is 12.1 Å². The Hall–Kier alpha value is -2.04. The molecule has 1 aliphatic rings. The minimum atomic E-state index is -0.744. The standard InChI is InChI=1S/C15H19NO4/c1-15(2,3)20-14(19)16-10-6-4-9(5-7-10)11-8-12(11)13(17)18/h4-7,11-12H,8H2,1-3H3,(H,16,19)(H,17,18)/t11-,12+/m0/s1. The topological polar surface area (TPSA) is 75.6 Å². The number of hydrogen-bond acceptors (Lipinski definition) is 3. The van der Waals surface area contributed by atoms with Crippen LogP contribution in [0.3, 0.4) is 0 Å². The molecule has 0 heterocycles. The molecule has 0 unspecified atom stereocenters. The van der Waals surface area contributed by atoms with Crippen molar-refractivity contribution in [2.24, 2.45) is 5.92 Å². The SMILES string of the molecule is CC(C)(C)OC(=O)Nc1ccc([C@@H]2C[C@H]2C(=O)O)cc1. The Morgan fingerprint density at radius 1 is 1.25 bits per heavy atom. The van der Waals surface area contributed by atoms with Crippen LogP contribution < -0.4 is 5.32 Å². The number of amides is 1. The quantitative estimate of drug-likeness (QED) is 0.889. The summed E-state index contributed by atoms with van der Waals surface area (Å²) in [6.45, 7) is 5.40. The fraction of sp³-hybridized carbons (Fsp3) is 0.467. The van der Waals surface area contributed by atoms with E-state index in [9.17, 15) is 9.59 Å². The zero-order chi connectivity index (χ0) is 14.9. The van der Waals surface area contributed by atoms with Crippen molar-refractivity contribution in [3.05, 3.63) is 29.8 Å². The zero-order valence-corrected chi connectivity index (χ0v) is 11.8. The van der Waals surface area contributed by atoms with Gasteiger partial charge in [0.15, 0.2) is 0 Å². The lowest BCUT2D eigenvalue weighted by Crippen LogP contribution is -2.27. The van der Waals surface area contributed by atoms with Gasteiger partial charge in [-0.05, 0) is 50.8 Å². The Bertz CT molecular complexity index is 516. The molecule has 0 spiro atoms. The van der Waals surface area contributed by atoms with E-state index in [1.165, 1.54) is 0 Å². The summed E-state index contributed by atoms with van der Waals surface area (Å²) in [7, 11) is 0. The van der Waals surface area contributed by atoms with E-state index < -0.39 is 17.7 Å². The van der Waals surface area contributed by atoms with Crippen LogP contribution in [0.5, 0.6) is 0 Å². The van der Waals surface area contributed by atoms with Crippen LogP contribution in [0.2, 0.25) is 0 Å². The van der Waals surface area contributed by atoms with E-state index in [0.29, 0.717) is 12.1 Å². The minimum absolute atomic E-state index is 0.100. The Labute approximate surface area is 117 Å². The van der Waals surface area contributed by atoms with Gasteiger partial charge in [0.05, 0.1) is 5.92 Å². The smallest absolute Gasteiger partial charge is 0.412 e. The predicted octanol–water partition coefficient (Wildman–Crippen LogP) is 3.22. The summed E-state index contributed by atoms with van der Waals surface area (Å²) < 4.78 is 5.15. The van der Waals surface area contributed by atoms with Crippen LogP contribution in [-0.4, -0.2) is 22.8 Å². The number of rotatable bonds is 3. The summed E-state index contributed by atoms with van der Waals surface area (Å²) in [5.74, 6) is -0.909. The number of benzene rings is 1. The Morgan fingerprint density at radius 2 is 1.85 bits per heavy atom. The summed E-state index contributed by atoms with van der Waals surface area (Å²) >= 11 is 0. The van der Waals surface area contributed by atoms with Gasteiger partial charge in [-0.25, -0.2) is 4.79 Å². The number of ether oxygens (including phenoxy) is 1. The Balaban J connectivity index is 1.93. The molecule has 5 nitrogen and oxygen atoms in total. The lowest BCUT2D eigenvalue weighted by atomic mass is 10.1. The largest absolute Gasteiger partial charge is 0.481 e. The molecule has 0 bridgehead atoms. The maximum atomic E-state index is 11.6. The van der Waals surface area contributed by atoms with Gasteiger partial charge in [0.2, 0.25) is 0 Å². The number of hydrogen-bond donors (Lipinski definition) is 2. The first-order valence-electron chi connectivity index (χ1n) is 6.59. The van der Waals surface area contributed by atoms with Crippen molar-refractivity contribution in [2.75, 3.05) is 5.32 Å². The number of carbonyl (C=O) groups excluding carboxylic acids is 1. The van der Waals surface area contributed by atoms with Gasteiger partial charge in [0, 0.05) is 5.69 Å². The molecule has 2 rings (SSSR count). The van der Waals surface area contributed by atoms with Crippen LogP contribution in [0, 0.1) is 5.92 Å². The number of carbonyl (C=O) groups is 2. The third-order valence-electron chi connectivity index (χ3n) is 3.09. The molecule has 1 amide bonds. The van der Waals surface area contributed by atoms with E-state index in [1.54, 1.807) is 32.9 Å². The van der Waals surface area contributed by atoms with Gasteiger partial charge in [-0.2, -0.15) is 0 Å². The molecule has 1 fully saturated rings. The van der Waals surface area contributed by atoms with E-state index in [1.807, 2.05) is 12.1 Å². The van der Waals surface area contributed by atoms with Crippen molar-refractivity contribution >= 4 is 17.7 Å². The highest BCUT2D eigenvalue weighted by atomic mass is 16.6. The number of aliphatic carboxylic acids is 1. The summed E-state index contributed by atoms with van der Waals surface area (Å²) in [5.41, 5.74) is 1.09. The number of carboxylic acid groups (broad SMARTS) is 1. The summed E-state index contributed by atoms with van der Waals surface area (Å²) in [6.07, 6.45) is 0.189. The van der Waals surface area contributed by atoms with E-state index in [4.69, 9.17) is 9.84 Å². The number of nitrogens with one attached hydrogen (secondary N) is 1. The van der Waals surface area contributed by atoms with Crippen molar-refractivity contribution in [3.63, 3.8) is 0 Å². The van der Waals surface area contributed by atoms with Gasteiger partial charge in [0.25, 0.3) is 0 Å². The molecular weight excluding hydrogens is 258 g/mol. The monoisotopic (exact) mass is 277 g/mol. The van der Waals surface area contributed by atoms with E-state index in [2.05, 4.69) is 5.32 Å². The molecule has 0 aromatic heterocycles. The predicted molar refractivity (Wildman–Crippen MR) is 74.8 cm³/mol.